The fraction of sp³-hybridized carbons (Fsp3) is 0.889. The molecule has 2 saturated carbocycles. The van der Waals surface area contributed by atoms with Gasteiger partial charge in [-0.2, -0.15) is 0 Å². The Bertz CT molecular complexity index is 1120. The molecule has 12 atom stereocenters. The molecule has 4 heterocycles. The van der Waals surface area contributed by atoms with E-state index in [1.165, 1.54) is 0 Å². The van der Waals surface area contributed by atoms with Gasteiger partial charge in [-0.3, -0.25) is 19.2 Å². The van der Waals surface area contributed by atoms with Crippen LogP contribution in [0, 0.1) is 35.5 Å². The lowest BCUT2D eigenvalue weighted by Crippen LogP contribution is -2.38. The quantitative estimate of drug-likeness (QED) is 0.140. The van der Waals surface area contributed by atoms with E-state index in [-0.39, 0.29) is 74.5 Å². The molecule has 0 aromatic heterocycles. The Hall–Kier alpha value is -2.28. The fourth-order valence-electron chi connectivity index (χ4n) is 7.88. The molecule has 4 saturated heterocycles. The Kier molecular flexibility index (Phi) is 12.3. The van der Waals surface area contributed by atoms with Crippen LogP contribution < -0.4 is 0 Å². The van der Waals surface area contributed by atoms with Gasteiger partial charge in [-0.15, -0.1) is 0 Å². The molecule has 4 aliphatic heterocycles. The van der Waals surface area contributed by atoms with E-state index in [0.717, 1.165) is 64.2 Å². The molecule has 6 aliphatic rings. The molecule has 0 aromatic carbocycles. The maximum absolute atomic E-state index is 13.8. The molecule has 2 aliphatic carbocycles. The normalized spacial score (nSPS) is 36.7. The SMILES string of the molecule is CC1CCC(COC(=O)C(CC(=O)OCC2CCC3OC3C2)C(CC(=O)OCC2CCOC(C)C2)C(=O)OCC2CCC3OC3C2)CO1. The monoisotopic (exact) mass is 678 g/mol. The standard InChI is InChI=1S/C36H54O12/c1-21-3-4-26(19-42-21)20-46-36(40)28(15-33(37)43-16-23-5-7-29-31(12-23)47-29)27(14-34(38)44-17-25-9-10-41-22(2)11-25)35(39)45-18-24-6-8-30-32(13-24)48-30/h21-32H,3-20H2,1-2H3. The molecule has 12 heteroatoms. The van der Waals surface area contributed by atoms with E-state index < -0.39 is 48.6 Å². The summed E-state index contributed by atoms with van der Waals surface area (Å²) < 4.78 is 45.5. The number of rotatable bonds is 15. The number of epoxide rings is 2. The van der Waals surface area contributed by atoms with Gasteiger partial charge in [0.2, 0.25) is 0 Å². The largest absolute Gasteiger partial charge is 0.465 e. The second-order valence-corrected chi connectivity index (χ2v) is 15.2. The number of carbonyl (C=O) groups is 4. The summed E-state index contributed by atoms with van der Waals surface area (Å²) in [5, 5.41) is 0. The second kappa shape index (κ2) is 16.6. The van der Waals surface area contributed by atoms with Gasteiger partial charge in [0.15, 0.2) is 0 Å². The molecule has 12 nitrogen and oxygen atoms in total. The van der Waals surface area contributed by atoms with E-state index in [1.807, 2.05) is 13.8 Å². The van der Waals surface area contributed by atoms with Crippen LogP contribution in [-0.4, -0.2) is 100 Å². The average molecular weight is 679 g/mol. The highest BCUT2D eigenvalue weighted by atomic mass is 16.6. The minimum absolute atomic E-state index is 0.00882. The van der Waals surface area contributed by atoms with Gasteiger partial charge in [0, 0.05) is 12.5 Å². The predicted molar refractivity (Wildman–Crippen MR) is 168 cm³/mol. The van der Waals surface area contributed by atoms with Crippen molar-refractivity contribution in [3.05, 3.63) is 0 Å². The highest BCUT2D eigenvalue weighted by molar-refractivity contribution is 5.88. The third kappa shape index (κ3) is 10.4. The maximum atomic E-state index is 13.8. The summed E-state index contributed by atoms with van der Waals surface area (Å²) in [6, 6.07) is 0. The Morgan fingerprint density at radius 2 is 1.04 bits per heavy atom. The van der Waals surface area contributed by atoms with E-state index in [9.17, 15) is 19.2 Å². The predicted octanol–water partition coefficient (Wildman–Crippen LogP) is 3.94. The smallest absolute Gasteiger partial charge is 0.310 e. The number of ether oxygens (including phenoxy) is 8. The van der Waals surface area contributed by atoms with Crippen LogP contribution in [0.2, 0.25) is 0 Å². The third-order valence-corrected chi connectivity index (χ3v) is 11.2. The molecule has 6 rings (SSSR count). The first-order valence-electron chi connectivity index (χ1n) is 18.4. The van der Waals surface area contributed by atoms with Crippen molar-refractivity contribution in [1.82, 2.24) is 0 Å². The number of fused-ring (bicyclic) bond motifs is 2. The summed E-state index contributed by atoms with van der Waals surface area (Å²) in [7, 11) is 0. The van der Waals surface area contributed by atoms with Crippen molar-refractivity contribution in [1.29, 1.82) is 0 Å². The molecule has 0 bridgehead atoms. The summed E-state index contributed by atoms with van der Waals surface area (Å²) in [5.74, 6) is -4.73. The molecular weight excluding hydrogens is 624 g/mol. The highest BCUT2D eigenvalue weighted by Gasteiger charge is 2.46. The van der Waals surface area contributed by atoms with Crippen LogP contribution in [0.3, 0.4) is 0 Å². The van der Waals surface area contributed by atoms with Crippen LogP contribution >= 0.6 is 0 Å². The molecule has 270 valence electrons. The molecular formula is C36H54O12. The van der Waals surface area contributed by atoms with Crippen molar-refractivity contribution in [2.75, 3.05) is 39.6 Å². The van der Waals surface area contributed by atoms with Crippen LogP contribution in [0.15, 0.2) is 0 Å². The number of carbonyl (C=O) groups excluding carboxylic acids is 4. The first-order valence-corrected chi connectivity index (χ1v) is 18.4. The molecule has 12 unspecified atom stereocenters. The van der Waals surface area contributed by atoms with Gasteiger partial charge in [-0.05, 0) is 95.8 Å². The minimum Gasteiger partial charge on any atom is -0.465 e. The van der Waals surface area contributed by atoms with Crippen LogP contribution in [0.4, 0.5) is 0 Å². The number of esters is 4. The third-order valence-electron chi connectivity index (χ3n) is 11.2. The molecule has 0 aromatic rings. The zero-order valence-corrected chi connectivity index (χ0v) is 28.6. The number of hydrogen-bond donors (Lipinski definition) is 0. The fourth-order valence-corrected chi connectivity index (χ4v) is 7.88. The van der Waals surface area contributed by atoms with Crippen LogP contribution in [0.25, 0.3) is 0 Å². The van der Waals surface area contributed by atoms with Crippen molar-refractivity contribution >= 4 is 23.9 Å². The van der Waals surface area contributed by atoms with Crippen molar-refractivity contribution < 1.29 is 57.1 Å². The van der Waals surface area contributed by atoms with E-state index >= 15 is 0 Å². The lowest BCUT2D eigenvalue weighted by atomic mass is 9.86. The van der Waals surface area contributed by atoms with E-state index in [4.69, 9.17) is 37.9 Å². The maximum Gasteiger partial charge on any atom is 0.310 e. The van der Waals surface area contributed by atoms with Gasteiger partial charge < -0.3 is 37.9 Å². The van der Waals surface area contributed by atoms with Gasteiger partial charge in [-0.1, -0.05) is 0 Å². The minimum atomic E-state index is -1.27. The van der Waals surface area contributed by atoms with Gasteiger partial charge >= 0.3 is 23.9 Å². The Morgan fingerprint density at radius 1 is 0.542 bits per heavy atom. The Balaban J connectivity index is 1.11. The van der Waals surface area contributed by atoms with Crippen molar-refractivity contribution in [3.63, 3.8) is 0 Å². The Morgan fingerprint density at radius 3 is 1.54 bits per heavy atom. The summed E-state index contributed by atoms with van der Waals surface area (Å²) in [5.41, 5.74) is 0. The van der Waals surface area contributed by atoms with Crippen molar-refractivity contribution in [2.45, 2.75) is 128 Å². The lowest BCUT2D eigenvalue weighted by Gasteiger charge is -2.29. The molecule has 0 spiro atoms. The highest BCUT2D eigenvalue weighted by Crippen LogP contribution is 2.40. The first-order chi connectivity index (χ1) is 23.2. The zero-order chi connectivity index (χ0) is 33.6. The van der Waals surface area contributed by atoms with Crippen LogP contribution in [0.1, 0.15) is 90.9 Å². The van der Waals surface area contributed by atoms with Crippen molar-refractivity contribution in [3.8, 4) is 0 Å². The van der Waals surface area contributed by atoms with Gasteiger partial charge in [0.25, 0.3) is 0 Å². The molecule has 6 fully saturated rings. The molecule has 0 N–H and O–H groups in total. The summed E-state index contributed by atoms with van der Waals surface area (Å²) >= 11 is 0. The van der Waals surface area contributed by atoms with Gasteiger partial charge in [-0.25, -0.2) is 0 Å². The van der Waals surface area contributed by atoms with E-state index in [1.54, 1.807) is 0 Å². The average Bonchev–Trinajstić information content (AvgIpc) is 4.01. The summed E-state index contributed by atoms with van der Waals surface area (Å²) in [6.45, 7) is 5.73. The molecule has 0 amide bonds. The second-order valence-electron chi connectivity index (χ2n) is 15.2. The van der Waals surface area contributed by atoms with Gasteiger partial charge in [0.1, 0.15) is 0 Å². The molecule has 48 heavy (non-hydrogen) atoms. The van der Waals surface area contributed by atoms with Crippen LogP contribution in [0.5, 0.6) is 0 Å². The van der Waals surface area contributed by atoms with Crippen molar-refractivity contribution in [2.24, 2.45) is 35.5 Å². The zero-order valence-electron chi connectivity index (χ0n) is 28.6. The summed E-state index contributed by atoms with van der Waals surface area (Å²) in [6.07, 6.45) is 9.05. The first kappa shape index (κ1) is 35.5. The Labute approximate surface area is 283 Å². The van der Waals surface area contributed by atoms with Crippen LogP contribution in [-0.2, 0) is 57.1 Å². The topological polar surface area (TPSA) is 149 Å². The van der Waals surface area contributed by atoms with Gasteiger partial charge in [0.05, 0.1) is 94.3 Å². The van der Waals surface area contributed by atoms with E-state index in [2.05, 4.69) is 0 Å². The summed E-state index contributed by atoms with van der Waals surface area (Å²) in [4.78, 5) is 54.2. The molecule has 0 radical (unpaired) electrons. The number of hydrogen-bond acceptors (Lipinski definition) is 12. The van der Waals surface area contributed by atoms with E-state index in [0.29, 0.717) is 25.4 Å². The lowest BCUT2D eigenvalue weighted by molar-refractivity contribution is -0.170.